The van der Waals surface area contributed by atoms with E-state index < -0.39 is 17.9 Å². The first-order chi connectivity index (χ1) is 19.6. The molecule has 41 heavy (non-hydrogen) atoms. The summed E-state index contributed by atoms with van der Waals surface area (Å²) in [7, 11) is 0. The number of nitrogens with one attached hydrogen (secondary N) is 2. The molecule has 0 bridgehead atoms. The highest BCUT2D eigenvalue weighted by Gasteiger charge is 2.25. The van der Waals surface area contributed by atoms with Crippen LogP contribution in [0.5, 0.6) is 11.5 Å². The van der Waals surface area contributed by atoms with Crippen LogP contribution >= 0.6 is 34.8 Å². The van der Waals surface area contributed by atoms with Gasteiger partial charge < -0.3 is 14.8 Å². The summed E-state index contributed by atoms with van der Waals surface area (Å²) in [6.07, 6.45) is 3.78. The Kier molecular flexibility index (Phi) is 12.1. The Bertz CT molecular complexity index is 1430. The summed E-state index contributed by atoms with van der Waals surface area (Å²) in [6, 6.07) is 14.8. The maximum atomic E-state index is 12.9. The molecule has 3 aromatic rings. The molecule has 2 N–H and O–H groups in total. The van der Waals surface area contributed by atoms with Crippen molar-refractivity contribution in [3.8, 4) is 11.5 Å². The van der Waals surface area contributed by atoms with E-state index in [9.17, 15) is 9.59 Å². The second-order valence-corrected chi connectivity index (χ2v) is 10.6. The van der Waals surface area contributed by atoms with Crippen LogP contribution in [-0.4, -0.2) is 30.7 Å². The van der Waals surface area contributed by atoms with Crippen LogP contribution in [0.15, 0.2) is 72.4 Å². The Morgan fingerprint density at radius 2 is 1.73 bits per heavy atom. The molecule has 0 aromatic heterocycles. The maximum Gasteiger partial charge on any atom is 0.262 e. The molecule has 1 atom stereocenters. The van der Waals surface area contributed by atoms with Crippen molar-refractivity contribution in [3.05, 3.63) is 105 Å². The second kappa shape index (κ2) is 15.5. The van der Waals surface area contributed by atoms with E-state index in [1.54, 1.807) is 12.1 Å². The minimum atomic E-state index is -0.843. The smallest absolute Gasteiger partial charge is 0.262 e. The summed E-state index contributed by atoms with van der Waals surface area (Å²) < 4.78 is 12.0. The topological polar surface area (TPSA) is 89.0 Å². The third-order valence-corrected chi connectivity index (χ3v) is 7.06. The molecule has 0 saturated heterocycles. The summed E-state index contributed by atoms with van der Waals surface area (Å²) in [6.45, 7) is 10.1. The Balaban J connectivity index is 1.76. The first-order valence-corrected chi connectivity index (χ1v) is 14.1. The van der Waals surface area contributed by atoms with Gasteiger partial charge in [0.05, 0.1) is 22.9 Å². The summed E-state index contributed by atoms with van der Waals surface area (Å²) in [5, 5.41) is 8.06. The van der Waals surface area contributed by atoms with Gasteiger partial charge in [-0.25, -0.2) is 5.43 Å². The van der Waals surface area contributed by atoms with Crippen LogP contribution in [0.1, 0.15) is 47.8 Å². The van der Waals surface area contributed by atoms with Gasteiger partial charge in [-0.1, -0.05) is 72.9 Å². The molecule has 2 amide bonds. The first kappa shape index (κ1) is 32.0. The van der Waals surface area contributed by atoms with Gasteiger partial charge in [-0.3, -0.25) is 9.59 Å². The largest absolute Gasteiger partial charge is 0.490 e. The first-order valence-electron chi connectivity index (χ1n) is 13.0. The highest BCUT2D eigenvalue weighted by Crippen LogP contribution is 2.35. The number of carbonyl (C=O) groups is 2. The van der Waals surface area contributed by atoms with E-state index in [4.69, 9.17) is 44.3 Å². The lowest BCUT2D eigenvalue weighted by Gasteiger charge is -2.20. The van der Waals surface area contributed by atoms with Gasteiger partial charge in [0.15, 0.2) is 11.5 Å². The van der Waals surface area contributed by atoms with Crippen molar-refractivity contribution in [2.24, 2.45) is 11.0 Å². The van der Waals surface area contributed by atoms with E-state index in [1.807, 2.05) is 51.1 Å². The van der Waals surface area contributed by atoms with Crippen LogP contribution in [0.25, 0.3) is 0 Å². The molecular formula is C31H32Cl3N3O4. The number of rotatable bonds is 13. The van der Waals surface area contributed by atoms with Gasteiger partial charge in [-0.2, -0.15) is 5.10 Å². The highest BCUT2D eigenvalue weighted by molar-refractivity contribution is 6.42. The molecule has 1 unspecified atom stereocenters. The normalized spacial score (nSPS) is 11.8. The zero-order valence-corrected chi connectivity index (χ0v) is 25.3. The van der Waals surface area contributed by atoms with Gasteiger partial charge in [0.1, 0.15) is 12.6 Å². The average Bonchev–Trinajstić information content (AvgIpc) is 2.93. The molecule has 0 aliphatic rings. The van der Waals surface area contributed by atoms with Gasteiger partial charge in [0.25, 0.3) is 11.8 Å². The number of allylic oxidation sites excluding steroid dienone is 1. The van der Waals surface area contributed by atoms with Crippen molar-refractivity contribution < 1.29 is 19.1 Å². The second-order valence-electron chi connectivity index (χ2n) is 9.37. The monoisotopic (exact) mass is 615 g/mol. The lowest BCUT2D eigenvalue weighted by Crippen LogP contribution is -2.48. The number of hydrogen-bond acceptors (Lipinski definition) is 5. The summed E-state index contributed by atoms with van der Waals surface area (Å²) in [5.74, 6) is -0.0292. The number of hydrazone groups is 1. The van der Waals surface area contributed by atoms with Crippen molar-refractivity contribution in [2.45, 2.75) is 39.8 Å². The lowest BCUT2D eigenvalue weighted by atomic mass is 10.0. The van der Waals surface area contributed by atoms with E-state index in [0.29, 0.717) is 40.1 Å². The molecule has 7 nitrogen and oxygen atoms in total. The summed E-state index contributed by atoms with van der Waals surface area (Å²) in [4.78, 5) is 25.7. The van der Waals surface area contributed by atoms with Crippen LogP contribution in [0.2, 0.25) is 15.1 Å². The molecule has 0 aliphatic carbocycles. The quantitative estimate of drug-likeness (QED) is 0.120. The third kappa shape index (κ3) is 8.98. The minimum absolute atomic E-state index is 0.213. The van der Waals surface area contributed by atoms with E-state index in [2.05, 4.69) is 22.4 Å². The standard InChI is InChI=1S/C31H32Cl3N3O4/c1-5-9-21-14-20(15-27(40-6-2)29(21)41-18-23-10-7-8-11-24(23)32)17-35-37-31(39)28(19(3)4)36-30(38)22-12-13-25(33)26(34)16-22/h5,7-8,10-17,19,28H,1,6,9,18H2,2-4H3,(H,36,38)(H,37,39). The SMILES string of the molecule is C=CCc1cc(C=NNC(=O)C(NC(=O)c2ccc(Cl)c(Cl)c2)C(C)C)cc(OCC)c1OCc1ccccc1Cl. The van der Waals surface area contributed by atoms with Crippen molar-refractivity contribution in [1.29, 1.82) is 0 Å². The van der Waals surface area contributed by atoms with Crippen LogP contribution in [-0.2, 0) is 17.8 Å². The predicted octanol–water partition coefficient (Wildman–Crippen LogP) is 7.26. The molecule has 0 radical (unpaired) electrons. The van der Waals surface area contributed by atoms with Gasteiger partial charge >= 0.3 is 0 Å². The number of hydrogen-bond donors (Lipinski definition) is 2. The van der Waals surface area contributed by atoms with Crippen molar-refractivity contribution in [3.63, 3.8) is 0 Å². The van der Waals surface area contributed by atoms with Gasteiger partial charge in [-0.15, -0.1) is 6.58 Å². The molecular weight excluding hydrogens is 585 g/mol. The fraction of sp³-hybridized carbons (Fsp3) is 0.258. The minimum Gasteiger partial charge on any atom is -0.490 e. The summed E-state index contributed by atoms with van der Waals surface area (Å²) >= 11 is 18.3. The number of carbonyl (C=O) groups excluding carboxylic acids is 2. The van der Waals surface area contributed by atoms with Gasteiger partial charge in [-0.05, 0) is 61.2 Å². The predicted molar refractivity (Wildman–Crippen MR) is 166 cm³/mol. The molecule has 0 heterocycles. The molecule has 216 valence electrons. The third-order valence-electron chi connectivity index (χ3n) is 5.95. The molecule has 10 heteroatoms. The van der Waals surface area contributed by atoms with Crippen LogP contribution in [0, 0.1) is 5.92 Å². The van der Waals surface area contributed by atoms with E-state index in [1.165, 1.54) is 24.4 Å². The zero-order valence-electron chi connectivity index (χ0n) is 23.0. The maximum absolute atomic E-state index is 12.9. The fourth-order valence-corrected chi connectivity index (χ4v) is 4.38. The van der Waals surface area contributed by atoms with Crippen molar-refractivity contribution in [1.82, 2.24) is 10.7 Å². The van der Waals surface area contributed by atoms with Crippen molar-refractivity contribution >= 4 is 52.8 Å². The Morgan fingerprint density at radius 1 is 0.976 bits per heavy atom. The van der Waals surface area contributed by atoms with Crippen LogP contribution in [0.4, 0.5) is 0 Å². The van der Waals surface area contributed by atoms with Crippen LogP contribution in [0.3, 0.4) is 0 Å². The Morgan fingerprint density at radius 3 is 2.39 bits per heavy atom. The number of nitrogens with zero attached hydrogens (tertiary/aromatic N) is 1. The Labute approximate surface area is 255 Å². The fourth-order valence-electron chi connectivity index (χ4n) is 3.89. The van der Waals surface area contributed by atoms with Gasteiger partial charge in [0.2, 0.25) is 0 Å². The van der Waals surface area contributed by atoms with Crippen molar-refractivity contribution in [2.75, 3.05) is 6.61 Å². The molecule has 0 aliphatic heterocycles. The molecule has 3 rings (SSSR count). The van der Waals surface area contributed by atoms with Gasteiger partial charge in [0, 0.05) is 21.7 Å². The molecule has 0 fully saturated rings. The highest BCUT2D eigenvalue weighted by atomic mass is 35.5. The van der Waals surface area contributed by atoms with E-state index in [-0.39, 0.29) is 23.1 Å². The van der Waals surface area contributed by atoms with E-state index in [0.717, 1.165) is 11.1 Å². The number of benzene rings is 3. The molecule has 3 aromatic carbocycles. The van der Waals surface area contributed by atoms with E-state index >= 15 is 0 Å². The summed E-state index contributed by atoms with van der Waals surface area (Å²) in [5.41, 5.74) is 5.17. The number of amides is 2. The Hall–Kier alpha value is -3.52. The average molecular weight is 617 g/mol. The zero-order chi connectivity index (χ0) is 29.9. The van der Waals surface area contributed by atoms with Crippen LogP contribution < -0.4 is 20.2 Å². The number of halogens is 3. The number of ether oxygens (including phenoxy) is 2. The lowest BCUT2D eigenvalue weighted by molar-refractivity contribution is -0.123. The molecule has 0 spiro atoms. The molecule has 0 saturated carbocycles.